The molecule has 0 fully saturated rings. The molecule has 1 spiro atoms. The molecular weight excluding hydrogens is 248 g/mol. The van der Waals surface area contributed by atoms with Gasteiger partial charge in [0.1, 0.15) is 0 Å². The molecule has 2 aliphatic heterocycles. The minimum absolute atomic E-state index is 0.565. The Bertz CT molecular complexity index is 717. The van der Waals surface area contributed by atoms with Gasteiger partial charge in [0.25, 0.3) is 0 Å². The number of aryl methyl sites for hydroxylation is 1. The Morgan fingerprint density at radius 1 is 1.00 bits per heavy atom. The van der Waals surface area contributed by atoms with Crippen molar-refractivity contribution in [3.63, 3.8) is 0 Å². The van der Waals surface area contributed by atoms with E-state index in [4.69, 9.17) is 9.47 Å². The van der Waals surface area contributed by atoms with Crippen LogP contribution >= 0.6 is 0 Å². The molecule has 1 atom stereocenters. The van der Waals surface area contributed by atoms with E-state index in [0.717, 1.165) is 16.7 Å². The van der Waals surface area contributed by atoms with Crippen LogP contribution in [-0.2, 0) is 28.5 Å². The Morgan fingerprint density at radius 2 is 1.80 bits per heavy atom. The van der Waals surface area contributed by atoms with Crippen LogP contribution in [0.1, 0.15) is 27.8 Å². The van der Waals surface area contributed by atoms with Crippen LogP contribution in [0.3, 0.4) is 0 Å². The van der Waals surface area contributed by atoms with Crippen LogP contribution in [0.15, 0.2) is 49.0 Å². The molecule has 0 aliphatic carbocycles. The molecule has 0 N–H and O–H groups in total. The Hall–Kier alpha value is -1.90. The quantitative estimate of drug-likeness (QED) is 0.718. The smallest absolute Gasteiger partial charge is 0.223 e. The normalized spacial score (nSPS) is 23.8. The zero-order valence-corrected chi connectivity index (χ0v) is 11.5. The van der Waals surface area contributed by atoms with Crippen LogP contribution in [0, 0.1) is 6.92 Å². The maximum absolute atomic E-state index is 6.15. The SMILES string of the molecule is C=C1c2cccc(C)c2COC12OCc1ccccc12. The first kappa shape index (κ1) is 11.9. The van der Waals surface area contributed by atoms with Crippen molar-refractivity contribution in [3.05, 3.63) is 76.9 Å². The van der Waals surface area contributed by atoms with Gasteiger partial charge in [0.15, 0.2) is 0 Å². The molecule has 2 heteroatoms. The molecule has 0 amide bonds. The molecule has 0 radical (unpaired) electrons. The van der Waals surface area contributed by atoms with Gasteiger partial charge in [-0.25, -0.2) is 0 Å². The lowest BCUT2D eigenvalue weighted by Crippen LogP contribution is -2.34. The second-order valence-electron chi connectivity index (χ2n) is 5.43. The minimum atomic E-state index is -0.794. The van der Waals surface area contributed by atoms with Gasteiger partial charge in [-0.3, -0.25) is 0 Å². The third kappa shape index (κ3) is 1.41. The molecule has 4 rings (SSSR count). The van der Waals surface area contributed by atoms with E-state index in [1.54, 1.807) is 0 Å². The van der Waals surface area contributed by atoms with Crippen molar-refractivity contribution in [1.82, 2.24) is 0 Å². The number of ether oxygens (including phenoxy) is 2. The zero-order valence-electron chi connectivity index (χ0n) is 11.5. The molecule has 0 saturated carbocycles. The highest BCUT2D eigenvalue weighted by atomic mass is 16.7. The van der Waals surface area contributed by atoms with Crippen molar-refractivity contribution in [1.29, 1.82) is 0 Å². The maximum Gasteiger partial charge on any atom is 0.223 e. The lowest BCUT2D eigenvalue weighted by Gasteiger charge is -2.37. The number of fused-ring (bicyclic) bond motifs is 3. The summed E-state index contributed by atoms with van der Waals surface area (Å²) in [5, 5.41) is 0. The van der Waals surface area contributed by atoms with E-state index in [0.29, 0.717) is 13.2 Å². The van der Waals surface area contributed by atoms with E-state index in [1.807, 2.05) is 12.1 Å². The molecule has 0 saturated heterocycles. The van der Waals surface area contributed by atoms with Gasteiger partial charge in [0.05, 0.1) is 13.2 Å². The predicted octanol–water partition coefficient (Wildman–Crippen LogP) is 3.92. The van der Waals surface area contributed by atoms with Crippen LogP contribution in [0.4, 0.5) is 0 Å². The van der Waals surface area contributed by atoms with Crippen molar-refractivity contribution >= 4 is 5.57 Å². The summed E-state index contributed by atoms with van der Waals surface area (Å²) in [5.74, 6) is -0.794. The van der Waals surface area contributed by atoms with Gasteiger partial charge in [0, 0.05) is 11.1 Å². The van der Waals surface area contributed by atoms with Crippen LogP contribution in [0.2, 0.25) is 0 Å². The molecule has 20 heavy (non-hydrogen) atoms. The van der Waals surface area contributed by atoms with Gasteiger partial charge in [-0.1, -0.05) is 49.0 Å². The summed E-state index contributed by atoms with van der Waals surface area (Å²) in [7, 11) is 0. The van der Waals surface area contributed by atoms with Crippen molar-refractivity contribution in [2.45, 2.75) is 25.9 Å². The van der Waals surface area contributed by atoms with E-state index in [9.17, 15) is 0 Å². The van der Waals surface area contributed by atoms with Gasteiger partial charge >= 0.3 is 0 Å². The first-order valence-electron chi connectivity index (χ1n) is 6.87. The molecule has 0 aromatic heterocycles. The van der Waals surface area contributed by atoms with Gasteiger partial charge in [-0.2, -0.15) is 0 Å². The van der Waals surface area contributed by atoms with Gasteiger partial charge in [-0.15, -0.1) is 0 Å². The Labute approximate surface area is 118 Å². The maximum atomic E-state index is 6.15. The van der Waals surface area contributed by atoms with E-state index >= 15 is 0 Å². The van der Waals surface area contributed by atoms with Crippen LogP contribution in [-0.4, -0.2) is 0 Å². The fraction of sp³-hybridized carbons (Fsp3) is 0.222. The van der Waals surface area contributed by atoms with Crippen molar-refractivity contribution in [3.8, 4) is 0 Å². The van der Waals surface area contributed by atoms with Crippen LogP contribution in [0.5, 0.6) is 0 Å². The second-order valence-corrected chi connectivity index (χ2v) is 5.43. The molecule has 1 unspecified atom stereocenters. The average molecular weight is 264 g/mol. The second kappa shape index (κ2) is 4.05. The van der Waals surface area contributed by atoms with E-state index in [2.05, 4.69) is 43.8 Å². The standard InChI is InChI=1S/C18H16O2/c1-12-6-5-8-15-13(2)18(20-11-16(12)15)17-9-4-3-7-14(17)10-19-18/h3-9H,2,10-11H2,1H3. The predicted molar refractivity (Wildman–Crippen MR) is 77.9 cm³/mol. The number of rotatable bonds is 0. The average Bonchev–Trinajstić information content (AvgIpc) is 2.84. The monoisotopic (exact) mass is 264 g/mol. The summed E-state index contributed by atoms with van der Waals surface area (Å²) in [4.78, 5) is 0. The van der Waals surface area contributed by atoms with Crippen LogP contribution in [0.25, 0.3) is 5.57 Å². The molecular formula is C18H16O2. The number of hydrogen-bond acceptors (Lipinski definition) is 2. The Morgan fingerprint density at radius 3 is 2.70 bits per heavy atom. The molecule has 2 aliphatic rings. The fourth-order valence-corrected chi connectivity index (χ4v) is 3.21. The van der Waals surface area contributed by atoms with Crippen molar-refractivity contribution in [2.75, 3.05) is 0 Å². The number of benzene rings is 2. The summed E-state index contributed by atoms with van der Waals surface area (Å²) in [6.07, 6.45) is 0. The largest absolute Gasteiger partial charge is 0.337 e. The summed E-state index contributed by atoms with van der Waals surface area (Å²) >= 11 is 0. The van der Waals surface area contributed by atoms with Gasteiger partial charge < -0.3 is 9.47 Å². The minimum Gasteiger partial charge on any atom is -0.337 e. The molecule has 100 valence electrons. The molecule has 2 heterocycles. The topological polar surface area (TPSA) is 18.5 Å². The molecule has 2 nitrogen and oxygen atoms in total. The third-order valence-corrected chi connectivity index (χ3v) is 4.36. The highest BCUT2D eigenvalue weighted by Gasteiger charge is 2.47. The Balaban J connectivity index is 1.90. The fourth-order valence-electron chi connectivity index (χ4n) is 3.21. The van der Waals surface area contributed by atoms with Crippen molar-refractivity contribution < 1.29 is 9.47 Å². The molecule has 0 bridgehead atoms. The van der Waals surface area contributed by atoms with E-state index < -0.39 is 5.79 Å². The Kier molecular flexibility index (Phi) is 2.40. The third-order valence-electron chi connectivity index (χ3n) is 4.36. The number of hydrogen-bond donors (Lipinski definition) is 0. The first-order chi connectivity index (χ1) is 9.72. The molecule has 2 aromatic rings. The first-order valence-corrected chi connectivity index (χ1v) is 6.87. The molecule has 2 aromatic carbocycles. The zero-order chi connectivity index (χ0) is 13.7. The van der Waals surface area contributed by atoms with E-state index in [1.165, 1.54) is 16.7 Å². The summed E-state index contributed by atoms with van der Waals surface area (Å²) in [5.41, 5.74) is 6.81. The lowest BCUT2D eigenvalue weighted by atomic mass is 9.86. The summed E-state index contributed by atoms with van der Waals surface area (Å²) in [6, 6.07) is 14.5. The highest BCUT2D eigenvalue weighted by molar-refractivity contribution is 5.76. The van der Waals surface area contributed by atoms with Gasteiger partial charge in [-0.05, 0) is 29.2 Å². The van der Waals surface area contributed by atoms with Crippen molar-refractivity contribution in [2.24, 2.45) is 0 Å². The summed E-state index contributed by atoms with van der Waals surface area (Å²) in [6.45, 7) is 7.53. The van der Waals surface area contributed by atoms with E-state index in [-0.39, 0.29) is 0 Å². The lowest BCUT2D eigenvalue weighted by molar-refractivity contribution is -0.207. The van der Waals surface area contributed by atoms with Crippen LogP contribution < -0.4 is 0 Å². The summed E-state index contributed by atoms with van der Waals surface area (Å²) < 4.78 is 12.2. The highest BCUT2D eigenvalue weighted by Crippen LogP contribution is 2.50. The van der Waals surface area contributed by atoms with Gasteiger partial charge in [0.2, 0.25) is 5.79 Å².